The molecule has 5 nitrogen and oxygen atoms in total. The highest BCUT2D eigenvalue weighted by Crippen LogP contribution is 2.26. The van der Waals surface area contributed by atoms with E-state index in [1.165, 1.54) is 6.07 Å². The molecule has 29 heavy (non-hydrogen) atoms. The van der Waals surface area contributed by atoms with Crippen molar-refractivity contribution in [2.24, 2.45) is 11.8 Å². The minimum absolute atomic E-state index is 0. The van der Waals surface area contributed by atoms with E-state index in [4.69, 9.17) is 0 Å². The topological polar surface area (TPSA) is 52.7 Å². The van der Waals surface area contributed by atoms with Crippen LogP contribution in [-0.4, -0.2) is 61.4 Å². The highest BCUT2D eigenvalue weighted by atomic mass is 35.5. The molecule has 0 aliphatic carbocycles. The molecule has 2 aliphatic rings. The summed E-state index contributed by atoms with van der Waals surface area (Å²) < 4.78 is 26.9. The number of nitrogens with one attached hydrogen (secondary N) is 1. The lowest BCUT2D eigenvalue weighted by Gasteiger charge is -2.37. The van der Waals surface area contributed by atoms with Crippen molar-refractivity contribution < 1.29 is 18.4 Å². The van der Waals surface area contributed by atoms with Gasteiger partial charge < -0.3 is 15.1 Å². The molecule has 0 aromatic heterocycles. The molecule has 1 aromatic carbocycles. The SMILES string of the molecule is CNCCC1CCN(C(=O)C2CCN(C(=O)c3ccc(F)cc3F)CC2)CC1.Cl. The maximum absolute atomic E-state index is 13.9. The van der Waals surface area contributed by atoms with Gasteiger partial charge in [0.15, 0.2) is 0 Å². The summed E-state index contributed by atoms with van der Waals surface area (Å²) in [4.78, 5) is 28.8. The van der Waals surface area contributed by atoms with Gasteiger partial charge in [0.2, 0.25) is 5.91 Å². The van der Waals surface area contributed by atoms with E-state index in [1.807, 2.05) is 11.9 Å². The van der Waals surface area contributed by atoms with Gasteiger partial charge in [0.1, 0.15) is 11.6 Å². The van der Waals surface area contributed by atoms with Crippen molar-refractivity contribution in [3.8, 4) is 0 Å². The summed E-state index contributed by atoms with van der Waals surface area (Å²) in [7, 11) is 1.96. The Hall–Kier alpha value is -1.73. The van der Waals surface area contributed by atoms with Gasteiger partial charge in [-0.2, -0.15) is 0 Å². The molecule has 0 bridgehead atoms. The van der Waals surface area contributed by atoms with Crippen molar-refractivity contribution in [3.63, 3.8) is 0 Å². The Morgan fingerprint density at radius 1 is 1.03 bits per heavy atom. The molecule has 162 valence electrons. The second-order valence-corrected chi connectivity index (χ2v) is 7.85. The minimum atomic E-state index is -0.843. The van der Waals surface area contributed by atoms with E-state index in [0.29, 0.717) is 31.8 Å². The standard InChI is InChI=1S/C21H29F2N3O2.ClH/c1-24-9-4-15-5-10-25(11-6-15)20(27)16-7-12-26(13-8-16)21(28)18-3-2-17(22)14-19(18)23;/h2-3,14-16,24H,4-13H2,1H3;1H. The predicted octanol–water partition coefficient (Wildman–Crippen LogP) is 3.09. The van der Waals surface area contributed by atoms with Gasteiger partial charge in [-0.3, -0.25) is 9.59 Å². The lowest BCUT2D eigenvalue weighted by molar-refractivity contribution is -0.138. The van der Waals surface area contributed by atoms with E-state index in [-0.39, 0.29) is 29.8 Å². The van der Waals surface area contributed by atoms with Crippen molar-refractivity contribution >= 4 is 24.2 Å². The summed E-state index contributed by atoms with van der Waals surface area (Å²) in [6, 6.07) is 3.00. The third kappa shape index (κ3) is 5.89. The number of hydrogen-bond donors (Lipinski definition) is 1. The highest BCUT2D eigenvalue weighted by Gasteiger charge is 2.32. The molecule has 0 radical (unpaired) electrons. The van der Waals surface area contributed by atoms with Crippen LogP contribution in [0.1, 0.15) is 42.5 Å². The quantitative estimate of drug-likeness (QED) is 0.782. The number of piperidine rings is 2. The van der Waals surface area contributed by atoms with E-state index >= 15 is 0 Å². The molecule has 0 spiro atoms. The van der Waals surface area contributed by atoms with Crippen LogP contribution in [-0.2, 0) is 4.79 Å². The van der Waals surface area contributed by atoms with Crippen molar-refractivity contribution in [1.29, 1.82) is 0 Å². The molecule has 8 heteroatoms. The number of likely N-dealkylation sites (tertiary alicyclic amines) is 2. The third-order valence-electron chi connectivity index (χ3n) is 6.02. The number of amides is 2. The zero-order valence-corrected chi connectivity index (χ0v) is 17.6. The normalized spacial score (nSPS) is 18.4. The number of benzene rings is 1. The minimum Gasteiger partial charge on any atom is -0.342 e. The maximum atomic E-state index is 13.9. The summed E-state index contributed by atoms with van der Waals surface area (Å²) >= 11 is 0. The molecule has 3 rings (SSSR count). The Morgan fingerprint density at radius 2 is 1.66 bits per heavy atom. The lowest BCUT2D eigenvalue weighted by Crippen LogP contribution is -2.46. The van der Waals surface area contributed by atoms with Crippen LogP contribution in [0, 0.1) is 23.5 Å². The molecule has 1 aromatic rings. The first-order valence-corrected chi connectivity index (χ1v) is 10.2. The van der Waals surface area contributed by atoms with Gasteiger partial charge >= 0.3 is 0 Å². The molecule has 0 atom stereocenters. The summed E-state index contributed by atoms with van der Waals surface area (Å²) in [5, 5.41) is 3.18. The molecule has 0 saturated carbocycles. The van der Waals surface area contributed by atoms with Crippen molar-refractivity contribution in [2.45, 2.75) is 32.1 Å². The zero-order chi connectivity index (χ0) is 20.1. The first-order chi connectivity index (χ1) is 13.5. The van der Waals surface area contributed by atoms with Gasteiger partial charge in [0, 0.05) is 38.2 Å². The van der Waals surface area contributed by atoms with Crippen LogP contribution >= 0.6 is 12.4 Å². The van der Waals surface area contributed by atoms with E-state index in [2.05, 4.69) is 5.32 Å². The van der Waals surface area contributed by atoms with E-state index < -0.39 is 17.5 Å². The van der Waals surface area contributed by atoms with Crippen LogP contribution in [0.3, 0.4) is 0 Å². The number of halogens is 3. The average Bonchev–Trinajstić information content (AvgIpc) is 2.72. The fraction of sp³-hybridized carbons (Fsp3) is 0.619. The Bertz CT molecular complexity index is 703. The molecule has 0 unspecified atom stereocenters. The van der Waals surface area contributed by atoms with Gasteiger partial charge in [-0.25, -0.2) is 8.78 Å². The fourth-order valence-electron chi connectivity index (χ4n) is 4.21. The van der Waals surface area contributed by atoms with Crippen molar-refractivity contribution in [1.82, 2.24) is 15.1 Å². The largest absolute Gasteiger partial charge is 0.342 e. The number of rotatable bonds is 5. The van der Waals surface area contributed by atoms with Gasteiger partial charge in [-0.1, -0.05) is 0 Å². The Kier molecular flexibility index (Phi) is 8.83. The van der Waals surface area contributed by atoms with Crippen LogP contribution in [0.5, 0.6) is 0 Å². The summed E-state index contributed by atoms with van der Waals surface area (Å²) in [6.45, 7) is 3.48. The fourth-order valence-corrected chi connectivity index (χ4v) is 4.21. The molecular formula is C21H30ClF2N3O2. The first kappa shape index (κ1) is 23.5. The van der Waals surface area contributed by atoms with Crippen LogP contribution in [0.4, 0.5) is 8.78 Å². The van der Waals surface area contributed by atoms with Crippen molar-refractivity contribution in [3.05, 3.63) is 35.4 Å². The van der Waals surface area contributed by atoms with Crippen LogP contribution in [0.2, 0.25) is 0 Å². The second-order valence-electron chi connectivity index (χ2n) is 7.85. The van der Waals surface area contributed by atoms with Gasteiger partial charge in [-0.05, 0) is 63.7 Å². The molecule has 1 N–H and O–H groups in total. The number of hydrogen-bond acceptors (Lipinski definition) is 3. The Morgan fingerprint density at radius 3 is 2.24 bits per heavy atom. The summed E-state index contributed by atoms with van der Waals surface area (Å²) in [6.07, 6.45) is 4.43. The van der Waals surface area contributed by atoms with E-state index in [0.717, 1.165) is 51.0 Å². The van der Waals surface area contributed by atoms with Gasteiger partial charge in [0.25, 0.3) is 5.91 Å². The molecule has 2 saturated heterocycles. The first-order valence-electron chi connectivity index (χ1n) is 10.2. The zero-order valence-electron chi connectivity index (χ0n) is 16.8. The van der Waals surface area contributed by atoms with E-state index in [1.54, 1.807) is 4.90 Å². The average molecular weight is 430 g/mol. The number of carbonyl (C=O) groups excluding carboxylic acids is 2. The smallest absolute Gasteiger partial charge is 0.256 e. The lowest BCUT2D eigenvalue weighted by atomic mass is 9.90. The Balaban J connectivity index is 0.00000300. The Labute approximate surface area is 177 Å². The predicted molar refractivity (Wildman–Crippen MR) is 110 cm³/mol. The molecule has 2 heterocycles. The summed E-state index contributed by atoms with van der Waals surface area (Å²) in [5.74, 6) is -1.18. The highest BCUT2D eigenvalue weighted by molar-refractivity contribution is 5.94. The van der Waals surface area contributed by atoms with Crippen LogP contribution in [0.15, 0.2) is 18.2 Å². The summed E-state index contributed by atoms with van der Waals surface area (Å²) in [5.41, 5.74) is -0.116. The van der Waals surface area contributed by atoms with Crippen LogP contribution < -0.4 is 5.32 Å². The molecule has 2 fully saturated rings. The monoisotopic (exact) mass is 429 g/mol. The second kappa shape index (κ2) is 10.9. The third-order valence-corrected chi connectivity index (χ3v) is 6.02. The van der Waals surface area contributed by atoms with Crippen molar-refractivity contribution in [2.75, 3.05) is 39.8 Å². The molecular weight excluding hydrogens is 400 g/mol. The maximum Gasteiger partial charge on any atom is 0.256 e. The molecule has 2 amide bonds. The van der Waals surface area contributed by atoms with E-state index in [9.17, 15) is 18.4 Å². The van der Waals surface area contributed by atoms with Crippen LogP contribution in [0.25, 0.3) is 0 Å². The van der Waals surface area contributed by atoms with Gasteiger partial charge in [-0.15, -0.1) is 12.4 Å². The number of nitrogens with zero attached hydrogens (tertiary/aromatic N) is 2. The number of carbonyl (C=O) groups is 2. The molecule has 2 aliphatic heterocycles. The van der Waals surface area contributed by atoms with Gasteiger partial charge in [0.05, 0.1) is 5.56 Å².